The molecule has 1 saturated carbocycles. The van der Waals surface area contributed by atoms with Gasteiger partial charge in [0.15, 0.2) is 0 Å². The van der Waals surface area contributed by atoms with E-state index in [1.165, 1.54) is 18.4 Å². The zero-order valence-electron chi connectivity index (χ0n) is 12.8. The molecule has 1 aliphatic heterocycles. The first-order valence-corrected chi connectivity index (χ1v) is 8.29. The summed E-state index contributed by atoms with van der Waals surface area (Å²) >= 11 is 0. The van der Waals surface area contributed by atoms with E-state index >= 15 is 0 Å². The zero-order chi connectivity index (χ0) is 14.7. The van der Waals surface area contributed by atoms with Gasteiger partial charge in [-0.3, -0.25) is 4.79 Å². The van der Waals surface area contributed by atoms with Gasteiger partial charge in [-0.2, -0.15) is 0 Å². The van der Waals surface area contributed by atoms with Crippen molar-refractivity contribution >= 4 is 5.91 Å². The van der Waals surface area contributed by atoms with Crippen LogP contribution >= 0.6 is 0 Å². The number of hydrogen-bond acceptors (Lipinski definition) is 2. The Hall–Kier alpha value is -1.35. The van der Waals surface area contributed by atoms with E-state index in [0.717, 1.165) is 38.6 Å². The molecule has 21 heavy (non-hydrogen) atoms. The Morgan fingerprint density at radius 1 is 1.19 bits per heavy atom. The second-order valence-corrected chi connectivity index (χ2v) is 6.82. The molecule has 114 valence electrons. The van der Waals surface area contributed by atoms with Crippen LogP contribution in [0.2, 0.25) is 0 Å². The first-order valence-electron chi connectivity index (χ1n) is 8.29. The molecule has 2 aliphatic rings. The highest BCUT2D eigenvalue weighted by Crippen LogP contribution is 2.32. The van der Waals surface area contributed by atoms with Crippen molar-refractivity contribution in [2.75, 3.05) is 6.54 Å². The molecule has 1 atom stereocenters. The number of rotatable bonds is 4. The molecular weight excluding hydrogens is 260 g/mol. The fourth-order valence-corrected chi connectivity index (χ4v) is 3.92. The van der Waals surface area contributed by atoms with Crippen molar-refractivity contribution < 1.29 is 4.79 Å². The minimum Gasteiger partial charge on any atom is -0.339 e. The fourth-order valence-electron chi connectivity index (χ4n) is 3.92. The maximum absolute atomic E-state index is 12.7. The fraction of sp³-hybridized carbons (Fsp3) is 0.611. The van der Waals surface area contributed by atoms with E-state index in [4.69, 9.17) is 5.73 Å². The van der Waals surface area contributed by atoms with Gasteiger partial charge in [0.1, 0.15) is 0 Å². The van der Waals surface area contributed by atoms with E-state index in [9.17, 15) is 4.79 Å². The van der Waals surface area contributed by atoms with E-state index in [-0.39, 0.29) is 11.4 Å². The number of likely N-dealkylation sites (tertiary alicyclic amines) is 1. The highest BCUT2D eigenvalue weighted by molar-refractivity contribution is 5.78. The van der Waals surface area contributed by atoms with E-state index in [0.29, 0.717) is 12.5 Å². The second-order valence-electron chi connectivity index (χ2n) is 6.82. The number of nitrogens with two attached hydrogens (primary N) is 1. The summed E-state index contributed by atoms with van der Waals surface area (Å²) in [4.78, 5) is 14.8. The minimum absolute atomic E-state index is 0.225. The Labute approximate surface area is 127 Å². The molecule has 1 heterocycles. The quantitative estimate of drug-likeness (QED) is 0.925. The SMILES string of the molecule is NC1(CC(=O)N2CCCC2Cc2ccccc2)CCCC1. The van der Waals surface area contributed by atoms with Crippen molar-refractivity contribution in [3.8, 4) is 0 Å². The Morgan fingerprint density at radius 3 is 2.62 bits per heavy atom. The molecule has 1 amide bonds. The van der Waals surface area contributed by atoms with Gasteiger partial charge in [-0.05, 0) is 37.7 Å². The van der Waals surface area contributed by atoms with Gasteiger partial charge in [0.2, 0.25) is 5.91 Å². The van der Waals surface area contributed by atoms with Gasteiger partial charge < -0.3 is 10.6 Å². The molecule has 3 nitrogen and oxygen atoms in total. The molecular formula is C18H26N2O. The smallest absolute Gasteiger partial charge is 0.224 e. The van der Waals surface area contributed by atoms with Crippen molar-refractivity contribution in [3.63, 3.8) is 0 Å². The Bertz CT molecular complexity index is 479. The number of carbonyl (C=O) groups is 1. The summed E-state index contributed by atoms with van der Waals surface area (Å²) in [6.45, 7) is 0.909. The van der Waals surface area contributed by atoms with Gasteiger partial charge in [-0.25, -0.2) is 0 Å². The topological polar surface area (TPSA) is 46.3 Å². The zero-order valence-corrected chi connectivity index (χ0v) is 12.8. The van der Waals surface area contributed by atoms with Gasteiger partial charge in [0, 0.05) is 24.5 Å². The number of benzene rings is 1. The summed E-state index contributed by atoms with van der Waals surface area (Å²) in [5.74, 6) is 0.276. The maximum Gasteiger partial charge on any atom is 0.224 e. The van der Waals surface area contributed by atoms with E-state index < -0.39 is 0 Å². The molecule has 0 radical (unpaired) electrons. The lowest BCUT2D eigenvalue weighted by Crippen LogP contribution is -2.45. The van der Waals surface area contributed by atoms with Crippen molar-refractivity contribution in [2.24, 2.45) is 5.73 Å². The highest BCUT2D eigenvalue weighted by Gasteiger charge is 2.36. The molecule has 0 spiro atoms. The summed E-state index contributed by atoms with van der Waals surface area (Å²) in [6, 6.07) is 10.9. The monoisotopic (exact) mass is 286 g/mol. The van der Waals surface area contributed by atoms with Crippen LogP contribution in [0.15, 0.2) is 30.3 Å². The molecule has 2 fully saturated rings. The van der Waals surface area contributed by atoms with Crippen LogP contribution in [-0.4, -0.2) is 28.9 Å². The van der Waals surface area contributed by atoms with Crippen molar-refractivity contribution in [2.45, 2.75) is 62.9 Å². The number of carbonyl (C=O) groups excluding carboxylic acids is 1. The van der Waals surface area contributed by atoms with E-state index in [1.807, 2.05) is 6.07 Å². The van der Waals surface area contributed by atoms with Gasteiger partial charge >= 0.3 is 0 Å². The average molecular weight is 286 g/mol. The largest absolute Gasteiger partial charge is 0.339 e. The first-order chi connectivity index (χ1) is 10.2. The molecule has 3 rings (SSSR count). The third-order valence-electron chi connectivity index (χ3n) is 5.11. The second kappa shape index (κ2) is 6.18. The molecule has 1 unspecified atom stereocenters. The summed E-state index contributed by atoms with van der Waals surface area (Å²) in [5, 5.41) is 0. The lowest BCUT2D eigenvalue weighted by atomic mass is 9.93. The highest BCUT2D eigenvalue weighted by atomic mass is 16.2. The average Bonchev–Trinajstić information content (AvgIpc) is 3.09. The normalized spacial score (nSPS) is 24.4. The van der Waals surface area contributed by atoms with E-state index in [1.54, 1.807) is 0 Å². The van der Waals surface area contributed by atoms with Crippen LogP contribution in [0, 0.1) is 0 Å². The predicted octanol–water partition coefficient (Wildman–Crippen LogP) is 2.88. The maximum atomic E-state index is 12.7. The van der Waals surface area contributed by atoms with Crippen molar-refractivity contribution in [1.82, 2.24) is 4.90 Å². The molecule has 0 bridgehead atoms. The van der Waals surface area contributed by atoms with Gasteiger partial charge in [-0.15, -0.1) is 0 Å². The lowest BCUT2D eigenvalue weighted by molar-refractivity contribution is -0.133. The summed E-state index contributed by atoms with van der Waals surface area (Å²) in [5.41, 5.74) is 7.48. The molecule has 1 aromatic carbocycles. The first kappa shape index (κ1) is 14.6. The molecule has 2 N–H and O–H groups in total. The molecule has 3 heteroatoms. The summed E-state index contributed by atoms with van der Waals surface area (Å²) < 4.78 is 0. The van der Waals surface area contributed by atoms with Crippen molar-refractivity contribution in [1.29, 1.82) is 0 Å². The third-order valence-corrected chi connectivity index (χ3v) is 5.11. The molecule has 1 saturated heterocycles. The third kappa shape index (κ3) is 3.46. The summed E-state index contributed by atoms with van der Waals surface area (Å²) in [7, 11) is 0. The molecule has 1 aromatic rings. The van der Waals surface area contributed by atoms with Crippen LogP contribution in [0.4, 0.5) is 0 Å². The van der Waals surface area contributed by atoms with Gasteiger partial charge in [0.05, 0.1) is 0 Å². The van der Waals surface area contributed by atoms with Crippen LogP contribution in [0.5, 0.6) is 0 Å². The van der Waals surface area contributed by atoms with Gasteiger partial charge in [-0.1, -0.05) is 43.2 Å². The predicted molar refractivity (Wildman–Crippen MR) is 84.9 cm³/mol. The number of hydrogen-bond donors (Lipinski definition) is 1. The summed E-state index contributed by atoms with van der Waals surface area (Å²) in [6.07, 6.45) is 8.14. The Balaban J connectivity index is 1.62. The van der Waals surface area contributed by atoms with E-state index in [2.05, 4.69) is 29.2 Å². The Morgan fingerprint density at radius 2 is 1.90 bits per heavy atom. The van der Waals surface area contributed by atoms with Gasteiger partial charge in [0.25, 0.3) is 0 Å². The van der Waals surface area contributed by atoms with Crippen LogP contribution in [0.25, 0.3) is 0 Å². The van der Waals surface area contributed by atoms with Crippen LogP contribution < -0.4 is 5.73 Å². The van der Waals surface area contributed by atoms with Crippen molar-refractivity contribution in [3.05, 3.63) is 35.9 Å². The number of nitrogens with zero attached hydrogens (tertiary/aromatic N) is 1. The lowest BCUT2D eigenvalue weighted by Gasteiger charge is -2.30. The molecule has 0 aromatic heterocycles. The number of amides is 1. The Kier molecular flexibility index (Phi) is 4.29. The minimum atomic E-state index is -0.225. The van der Waals surface area contributed by atoms with Crippen LogP contribution in [0.1, 0.15) is 50.5 Å². The van der Waals surface area contributed by atoms with Crippen LogP contribution in [-0.2, 0) is 11.2 Å². The molecule has 1 aliphatic carbocycles. The van der Waals surface area contributed by atoms with Crippen LogP contribution in [0.3, 0.4) is 0 Å². The standard InChI is InChI=1S/C18H26N2O/c19-18(10-4-5-11-18)14-17(21)20-12-6-9-16(20)13-15-7-2-1-3-8-15/h1-3,7-8,16H,4-6,9-14,19H2.